The zero-order chi connectivity index (χ0) is 12.7. The van der Waals surface area contributed by atoms with Crippen LogP contribution in [0.5, 0.6) is 0 Å². The molecule has 17 heavy (non-hydrogen) atoms. The molecule has 5 nitrogen and oxygen atoms in total. The minimum Gasteiger partial charge on any atom is -0.379 e. The van der Waals surface area contributed by atoms with Crippen LogP contribution >= 0.6 is 0 Å². The molecule has 1 atom stereocenters. The third kappa shape index (κ3) is 4.61. The van der Waals surface area contributed by atoms with Crippen LogP contribution in [0.2, 0.25) is 0 Å². The minimum absolute atomic E-state index is 0.265. The Morgan fingerprint density at radius 3 is 2.65 bits per heavy atom. The van der Waals surface area contributed by atoms with Crippen molar-refractivity contribution in [1.29, 1.82) is 0 Å². The normalized spacial score (nSPS) is 21.1. The first-order chi connectivity index (χ1) is 8.08. The molecule has 1 unspecified atom stereocenters. The van der Waals surface area contributed by atoms with Crippen LogP contribution in [-0.4, -0.2) is 55.7 Å². The lowest BCUT2D eigenvalue weighted by Gasteiger charge is -2.32. The summed E-state index contributed by atoms with van der Waals surface area (Å²) in [6, 6.07) is 0. The number of carbonyl (C=O) groups is 1. The molecule has 1 amide bonds. The van der Waals surface area contributed by atoms with E-state index < -0.39 is 5.54 Å². The van der Waals surface area contributed by atoms with Crippen molar-refractivity contribution in [2.24, 2.45) is 5.73 Å². The first-order valence-electron chi connectivity index (χ1n) is 6.43. The molecular formula is C12H25N3O2. The number of primary amides is 1. The lowest BCUT2D eigenvalue weighted by molar-refractivity contribution is -0.124. The minimum atomic E-state index is -0.589. The summed E-state index contributed by atoms with van der Waals surface area (Å²) in [5.41, 5.74) is 4.89. The SMILES string of the molecule is CCCNC(C)(CCN1CCOCC1)C(N)=O. The molecule has 1 heterocycles. The Labute approximate surface area is 104 Å². The number of nitrogens with one attached hydrogen (secondary N) is 1. The predicted molar refractivity (Wildman–Crippen MR) is 67.8 cm³/mol. The van der Waals surface area contributed by atoms with Gasteiger partial charge in [0.25, 0.3) is 0 Å². The van der Waals surface area contributed by atoms with Crippen molar-refractivity contribution < 1.29 is 9.53 Å². The highest BCUT2D eigenvalue weighted by Crippen LogP contribution is 2.11. The number of carbonyl (C=O) groups excluding carboxylic acids is 1. The highest BCUT2D eigenvalue weighted by molar-refractivity contribution is 5.84. The monoisotopic (exact) mass is 243 g/mol. The highest BCUT2D eigenvalue weighted by Gasteiger charge is 2.30. The summed E-state index contributed by atoms with van der Waals surface area (Å²) in [6.07, 6.45) is 1.75. The highest BCUT2D eigenvalue weighted by atomic mass is 16.5. The van der Waals surface area contributed by atoms with Crippen LogP contribution in [0.4, 0.5) is 0 Å². The van der Waals surface area contributed by atoms with Crippen molar-refractivity contribution >= 4 is 5.91 Å². The van der Waals surface area contributed by atoms with Gasteiger partial charge >= 0.3 is 0 Å². The average molecular weight is 243 g/mol. The molecule has 1 fully saturated rings. The van der Waals surface area contributed by atoms with E-state index in [4.69, 9.17) is 10.5 Å². The Kier molecular flexibility index (Phi) is 5.88. The topological polar surface area (TPSA) is 67.6 Å². The fourth-order valence-corrected chi connectivity index (χ4v) is 1.91. The second-order valence-electron chi connectivity index (χ2n) is 4.83. The summed E-state index contributed by atoms with van der Waals surface area (Å²) in [6.45, 7) is 9.15. The first-order valence-corrected chi connectivity index (χ1v) is 6.43. The van der Waals surface area contributed by atoms with Gasteiger partial charge in [0.1, 0.15) is 0 Å². The molecule has 0 bridgehead atoms. The zero-order valence-corrected chi connectivity index (χ0v) is 11.0. The van der Waals surface area contributed by atoms with E-state index in [-0.39, 0.29) is 5.91 Å². The van der Waals surface area contributed by atoms with Crippen LogP contribution < -0.4 is 11.1 Å². The standard InChI is InChI=1S/C12H25N3O2/c1-3-5-14-12(2,11(13)16)4-6-15-7-9-17-10-8-15/h14H,3-10H2,1-2H3,(H2,13,16). The van der Waals surface area contributed by atoms with Crippen LogP contribution in [0.1, 0.15) is 26.7 Å². The van der Waals surface area contributed by atoms with E-state index >= 15 is 0 Å². The maximum atomic E-state index is 11.5. The Bertz CT molecular complexity index is 242. The quantitative estimate of drug-likeness (QED) is 0.658. The molecule has 1 saturated heterocycles. The van der Waals surface area contributed by atoms with Crippen molar-refractivity contribution in [2.45, 2.75) is 32.2 Å². The van der Waals surface area contributed by atoms with Crippen LogP contribution in [0.25, 0.3) is 0 Å². The molecule has 0 spiro atoms. The van der Waals surface area contributed by atoms with Gasteiger partial charge in [0.15, 0.2) is 0 Å². The van der Waals surface area contributed by atoms with Crippen molar-refractivity contribution in [1.82, 2.24) is 10.2 Å². The van der Waals surface area contributed by atoms with Gasteiger partial charge < -0.3 is 15.8 Å². The van der Waals surface area contributed by atoms with Gasteiger partial charge in [0.2, 0.25) is 5.91 Å². The van der Waals surface area contributed by atoms with Crippen LogP contribution in [0, 0.1) is 0 Å². The second kappa shape index (κ2) is 6.93. The number of rotatable bonds is 7. The maximum absolute atomic E-state index is 11.5. The average Bonchev–Trinajstić information content (AvgIpc) is 2.35. The number of hydrogen-bond donors (Lipinski definition) is 2. The molecule has 0 aromatic rings. The van der Waals surface area contributed by atoms with Crippen LogP contribution in [-0.2, 0) is 9.53 Å². The van der Waals surface area contributed by atoms with Gasteiger partial charge in [0, 0.05) is 19.6 Å². The molecular weight excluding hydrogens is 218 g/mol. The van der Waals surface area contributed by atoms with Crippen molar-refractivity contribution in [2.75, 3.05) is 39.4 Å². The third-order valence-electron chi connectivity index (χ3n) is 3.34. The summed E-state index contributed by atoms with van der Waals surface area (Å²) in [4.78, 5) is 13.8. The van der Waals surface area contributed by atoms with Crippen molar-refractivity contribution in [3.8, 4) is 0 Å². The van der Waals surface area contributed by atoms with E-state index in [0.29, 0.717) is 0 Å². The largest absolute Gasteiger partial charge is 0.379 e. The van der Waals surface area contributed by atoms with E-state index in [1.165, 1.54) is 0 Å². The first kappa shape index (κ1) is 14.4. The molecule has 3 N–H and O–H groups in total. The Balaban J connectivity index is 2.39. The summed E-state index contributed by atoms with van der Waals surface area (Å²) in [7, 11) is 0. The number of amides is 1. The van der Waals surface area contributed by atoms with E-state index in [1.54, 1.807) is 0 Å². The zero-order valence-electron chi connectivity index (χ0n) is 11.0. The van der Waals surface area contributed by atoms with E-state index in [1.807, 2.05) is 6.92 Å². The fraction of sp³-hybridized carbons (Fsp3) is 0.917. The molecule has 0 radical (unpaired) electrons. The number of hydrogen-bond acceptors (Lipinski definition) is 4. The van der Waals surface area contributed by atoms with Gasteiger partial charge in [-0.3, -0.25) is 9.69 Å². The van der Waals surface area contributed by atoms with Crippen LogP contribution in [0.3, 0.4) is 0 Å². The number of morpholine rings is 1. The molecule has 1 aliphatic heterocycles. The van der Waals surface area contributed by atoms with E-state index in [9.17, 15) is 4.79 Å². The molecule has 100 valence electrons. The fourth-order valence-electron chi connectivity index (χ4n) is 1.91. The lowest BCUT2D eigenvalue weighted by atomic mass is 9.96. The van der Waals surface area contributed by atoms with Gasteiger partial charge in [-0.2, -0.15) is 0 Å². The third-order valence-corrected chi connectivity index (χ3v) is 3.34. The van der Waals surface area contributed by atoms with Crippen molar-refractivity contribution in [3.05, 3.63) is 0 Å². The van der Waals surface area contributed by atoms with E-state index in [0.717, 1.165) is 52.2 Å². The molecule has 0 aliphatic carbocycles. The number of nitrogens with two attached hydrogens (primary N) is 1. The van der Waals surface area contributed by atoms with Gasteiger partial charge in [-0.05, 0) is 26.3 Å². The molecule has 0 aromatic carbocycles. The Morgan fingerprint density at radius 2 is 2.12 bits per heavy atom. The van der Waals surface area contributed by atoms with Crippen molar-refractivity contribution in [3.63, 3.8) is 0 Å². The van der Waals surface area contributed by atoms with Gasteiger partial charge in [0.05, 0.1) is 18.8 Å². The maximum Gasteiger partial charge on any atom is 0.237 e. The molecule has 0 saturated carbocycles. The molecule has 5 heteroatoms. The Hall–Kier alpha value is -0.650. The van der Waals surface area contributed by atoms with Crippen LogP contribution in [0.15, 0.2) is 0 Å². The summed E-state index contributed by atoms with van der Waals surface area (Å²) < 4.78 is 5.30. The lowest BCUT2D eigenvalue weighted by Crippen LogP contribution is -2.55. The summed E-state index contributed by atoms with van der Waals surface area (Å²) in [5, 5.41) is 3.25. The molecule has 0 aromatic heterocycles. The molecule has 1 rings (SSSR count). The molecule has 1 aliphatic rings. The van der Waals surface area contributed by atoms with Gasteiger partial charge in [-0.1, -0.05) is 6.92 Å². The van der Waals surface area contributed by atoms with E-state index in [2.05, 4.69) is 17.1 Å². The smallest absolute Gasteiger partial charge is 0.237 e. The van der Waals surface area contributed by atoms with Gasteiger partial charge in [-0.25, -0.2) is 0 Å². The van der Waals surface area contributed by atoms with Gasteiger partial charge in [-0.15, -0.1) is 0 Å². The number of ether oxygens (including phenoxy) is 1. The summed E-state index contributed by atoms with van der Waals surface area (Å²) in [5.74, 6) is -0.265. The summed E-state index contributed by atoms with van der Waals surface area (Å²) >= 11 is 0. The number of nitrogens with zero attached hydrogens (tertiary/aromatic N) is 1. The Morgan fingerprint density at radius 1 is 1.47 bits per heavy atom. The predicted octanol–water partition coefficient (Wildman–Crippen LogP) is -0.0477. The second-order valence-corrected chi connectivity index (χ2v) is 4.83.